The van der Waals surface area contributed by atoms with Gasteiger partial charge in [0.15, 0.2) is 0 Å². The van der Waals surface area contributed by atoms with E-state index in [1.165, 1.54) is 5.56 Å². The number of furan rings is 1. The van der Waals surface area contributed by atoms with Crippen molar-refractivity contribution in [2.24, 2.45) is 0 Å². The Balaban J connectivity index is 2.80. The lowest BCUT2D eigenvalue weighted by atomic mass is 10.0. The van der Waals surface area contributed by atoms with Crippen molar-refractivity contribution >= 4 is 11.0 Å². The Hall–Kier alpha value is -1.75. The van der Waals surface area contributed by atoms with Crippen LogP contribution >= 0.6 is 0 Å². The Kier molecular flexibility index (Phi) is 2.70. The highest BCUT2D eigenvalue weighted by molar-refractivity contribution is 5.86. The van der Waals surface area contributed by atoms with Crippen molar-refractivity contribution in [2.75, 3.05) is 0 Å². The summed E-state index contributed by atoms with van der Waals surface area (Å²) >= 11 is 0. The number of nitrogens with zero attached hydrogens (tertiary/aromatic N) is 1. The van der Waals surface area contributed by atoms with Gasteiger partial charge >= 0.3 is 0 Å². The third-order valence-electron chi connectivity index (χ3n) is 2.82. The van der Waals surface area contributed by atoms with E-state index in [-0.39, 0.29) is 0 Å². The van der Waals surface area contributed by atoms with Crippen molar-refractivity contribution < 1.29 is 4.42 Å². The first-order chi connectivity index (χ1) is 7.67. The van der Waals surface area contributed by atoms with Crippen molar-refractivity contribution in [3.8, 4) is 6.07 Å². The number of hydrogen-bond donors (Lipinski definition) is 0. The van der Waals surface area contributed by atoms with E-state index < -0.39 is 0 Å². The van der Waals surface area contributed by atoms with Gasteiger partial charge in [0.05, 0.1) is 0 Å². The molecule has 0 bridgehead atoms. The predicted molar refractivity (Wildman–Crippen MR) is 64.4 cm³/mol. The van der Waals surface area contributed by atoms with Gasteiger partial charge < -0.3 is 4.42 Å². The van der Waals surface area contributed by atoms with Crippen LogP contribution in [0.4, 0.5) is 0 Å². The van der Waals surface area contributed by atoms with E-state index in [1.807, 2.05) is 6.92 Å². The average molecular weight is 213 g/mol. The summed E-state index contributed by atoms with van der Waals surface area (Å²) in [6.07, 6.45) is 1.93. The molecule has 0 fully saturated rings. The first-order valence-electron chi connectivity index (χ1n) is 5.60. The van der Waals surface area contributed by atoms with E-state index in [0.717, 1.165) is 34.9 Å². The summed E-state index contributed by atoms with van der Waals surface area (Å²) in [5, 5.41) is 10.2. The molecule has 0 atom stereocenters. The van der Waals surface area contributed by atoms with Crippen LogP contribution in [0.25, 0.3) is 11.0 Å². The van der Waals surface area contributed by atoms with Gasteiger partial charge in [-0.1, -0.05) is 19.4 Å². The number of fused-ring (bicyclic) bond motifs is 1. The summed E-state index contributed by atoms with van der Waals surface area (Å²) in [6, 6.07) is 6.34. The van der Waals surface area contributed by atoms with Gasteiger partial charge in [-0.25, -0.2) is 0 Å². The minimum absolute atomic E-state index is 0.477. The highest BCUT2D eigenvalue weighted by Crippen LogP contribution is 2.30. The van der Waals surface area contributed by atoms with Gasteiger partial charge in [-0.2, -0.15) is 5.26 Å². The second kappa shape index (κ2) is 4.02. The number of hydrogen-bond acceptors (Lipinski definition) is 2. The first-order valence-corrected chi connectivity index (χ1v) is 5.60. The van der Waals surface area contributed by atoms with Crippen LogP contribution in [0.2, 0.25) is 0 Å². The molecule has 82 valence electrons. The van der Waals surface area contributed by atoms with Gasteiger partial charge in [-0.05, 0) is 37.5 Å². The summed E-state index contributed by atoms with van der Waals surface area (Å²) in [5.41, 5.74) is 4.25. The zero-order chi connectivity index (χ0) is 11.7. The van der Waals surface area contributed by atoms with E-state index in [1.54, 1.807) is 0 Å². The highest BCUT2D eigenvalue weighted by Gasteiger charge is 2.14. The van der Waals surface area contributed by atoms with Crippen molar-refractivity contribution in [2.45, 2.75) is 33.6 Å². The first kappa shape index (κ1) is 10.8. The smallest absolute Gasteiger partial charge is 0.207 e. The molecule has 0 radical (unpaired) electrons. The molecule has 1 aromatic heterocycles. The molecule has 0 unspecified atom stereocenters. The van der Waals surface area contributed by atoms with Gasteiger partial charge in [0, 0.05) is 10.9 Å². The van der Waals surface area contributed by atoms with Gasteiger partial charge in [-0.15, -0.1) is 0 Å². The number of benzene rings is 1. The van der Waals surface area contributed by atoms with Crippen LogP contribution in [0.1, 0.15) is 35.8 Å². The minimum atomic E-state index is 0.477. The van der Waals surface area contributed by atoms with Gasteiger partial charge in [0.2, 0.25) is 5.76 Å². The fraction of sp³-hybridized carbons (Fsp3) is 0.357. The summed E-state index contributed by atoms with van der Waals surface area (Å²) in [7, 11) is 0. The molecular formula is C14H15NO. The number of nitriles is 1. The van der Waals surface area contributed by atoms with Gasteiger partial charge in [-0.3, -0.25) is 0 Å². The second-order valence-corrected chi connectivity index (χ2v) is 4.23. The Morgan fingerprint density at radius 3 is 2.69 bits per heavy atom. The molecule has 16 heavy (non-hydrogen) atoms. The lowest BCUT2D eigenvalue weighted by Gasteiger charge is -1.99. The molecule has 0 aliphatic rings. The average Bonchev–Trinajstić information content (AvgIpc) is 2.58. The molecule has 0 spiro atoms. The molecule has 2 nitrogen and oxygen atoms in total. The van der Waals surface area contributed by atoms with Crippen molar-refractivity contribution in [3.05, 3.63) is 34.6 Å². The molecule has 1 heterocycles. The normalized spacial score (nSPS) is 10.6. The fourth-order valence-electron chi connectivity index (χ4n) is 2.19. The zero-order valence-corrected chi connectivity index (χ0v) is 9.92. The third-order valence-corrected chi connectivity index (χ3v) is 2.82. The van der Waals surface area contributed by atoms with Crippen molar-refractivity contribution in [3.63, 3.8) is 0 Å². The van der Waals surface area contributed by atoms with Crippen LogP contribution in [0.3, 0.4) is 0 Å². The van der Waals surface area contributed by atoms with E-state index in [2.05, 4.69) is 32.0 Å². The molecule has 2 aromatic rings. The molecule has 0 aliphatic heterocycles. The Labute approximate surface area is 95.5 Å². The maximum Gasteiger partial charge on any atom is 0.207 e. The second-order valence-electron chi connectivity index (χ2n) is 4.23. The molecule has 1 aromatic carbocycles. The quantitative estimate of drug-likeness (QED) is 0.759. The van der Waals surface area contributed by atoms with Crippen LogP contribution in [0, 0.1) is 25.2 Å². The SMILES string of the molecule is CCCc1c(C#N)oc2c(C)cc(C)cc12. The highest BCUT2D eigenvalue weighted by atomic mass is 16.3. The van der Waals surface area contributed by atoms with Crippen LogP contribution in [0.15, 0.2) is 16.5 Å². The Morgan fingerprint density at radius 2 is 2.06 bits per heavy atom. The lowest BCUT2D eigenvalue weighted by Crippen LogP contribution is -1.85. The molecule has 0 saturated carbocycles. The number of aryl methyl sites for hydroxylation is 3. The van der Waals surface area contributed by atoms with E-state index in [0.29, 0.717) is 5.76 Å². The van der Waals surface area contributed by atoms with E-state index >= 15 is 0 Å². The van der Waals surface area contributed by atoms with E-state index in [9.17, 15) is 0 Å². The third kappa shape index (κ3) is 1.59. The zero-order valence-electron chi connectivity index (χ0n) is 9.92. The van der Waals surface area contributed by atoms with E-state index in [4.69, 9.17) is 9.68 Å². The monoisotopic (exact) mass is 213 g/mol. The lowest BCUT2D eigenvalue weighted by molar-refractivity contribution is 0.590. The fourth-order valence-corrected chi connectivity index (χ4v) is 2.19. The molecule has 2 rings (SSSR count). The molecular weight excluding hydrogens is 198 g/mol. The molecule has 0 saturated heterocycles. The largest absolute Gasteiger partial charge is 0.445 e. The van der Waals surface area contributed by atoms with Gasteiger partial charge in [0.25, 0.3) is 0 Å². The van der Waals surface area contributed by atoms with Crippen LogP contribution in [0.5, 0.6) is 0 Å². The van der Waals surface area contributed by atoms with Crippen LogP contribution in [-0.4, -0.2) is 0 Å². The van der Waals surface area contributed by atoms with Crippen LogP contribution < -0.4 is 0 Å². The summed E-state index contributed by atoms with van der Waals surface area (Å²) < 4.78 is 5.63. The topological polar surface area (TPSA) is 36.9 Å². The molecule has 0 amide bonds. The summed E-state index contributed by atoms with van der Waals surface area (Å²) in [4.78, 5) is 0. The predicted octanol–water partition coefficient (Wildman–Crippen LogP) is 3.87. The summed E-state index contributed by atoms with van der Waals surface area (Å²) in [6.45, 7) is 6.21. The van der Waals surface area contributed by atoms with Crippen molar-refractivity contribution in [1.82, 2.24) is 0 Å². The molecule has 0 aliphatic carbocycles. The van der Waals surface area contributed by atoms with Crippen LogP contribution in [-0.2, 0) is 6.42 Å². The number of rotatable bonds is 2. The maximum atomic E-state index is 9.06. The van der Waals surface area contributed by atoms with Crippen molar-refractivity contribution in [1.29, 1.82) is 5.26 Å². The summed E-state index contributed by atoms with van der Waals surface area (Å²) in [5.74, 6) is 0.477. The maximum absolute atomic E-state index is 9.06. The molecule has 0 N–H and O–H groups in total. The Morgan fingerprint density at radius 1 is 1.31 bits per heavy atom. The standard InChI is InChI=1S/C14H15NO/c1-4-5-11-12-7-9(2)6-10(3)14(12)16-13(11)8-15/h6-7H,4-5H2,1-3H3. The minimum Gasteiger partial charge on any atom is -0.445 e. The molecule has 2 heteroatoms. The van der Waals surface area contributed by atoms with Gasteiger partial charge in [0.1, 0.15) is 11.7 Å². The Bertz CT molecular complexity index is 572.